The summed E-state index contributed by atoms with van der Waals surface area (Å²) in [5.41, 5.74) is 1.18. The predicted molar refractivity (Wildman–Crippen MR) is 104 cm³/mol. The molecule has 2 aromatic carbocycles. The Bertz CT molecular complexity index is 840. The molecule has 1 fully saturated rings. The molecule has 1 N–H and O–H groups in total. The van der Waals surface area contributed by atoms with Gasteiger partial charge in [0.1, 0.15) is 5.75 Å². The molecule has 5 nitrogen and oxygen atoms in total. The van der Waals surface area contributed by atoms with Crippen LogP contribution < -0.4 is 15.0 Å². The number of carbonyl (C=O) groups excluding carboxylic acids is 2. The summed E-state index contributed by atoms with van der Waals surface area (Å²) in [6.45, 7) is 0.532. The van der Waals surface area contributed by atoms with Crippen LogP contribution >= 0.6 is 34.8 Å². The fourth-order valence-corrected chi connectivity index (χ4v) is 3.19. The van der Waals surface area contributed by atoms with Gasteiger partial charge in [-0.1, -0.05) is 34.8 Å². The Morgan fingerprint density at radius 1 is 1.08 bits per heavy atom. The fraction of sp³-hybridized carbons (Fsp3) is 0.222. The standard InChI is InChI=1S/C18H15Cl3N2O3/c19-13-8-15(21)16(9-14(13)20)22-17(24)10-26-12-5-3-11(4-6-12)23-7-1-2-18(23)25/h3-6,8-9H,1-2,7,10H2,(H,22,24). The first-order chi connectivity index (χ1) is 12.4. The van der Waals surface area contributed by atoms with Gasteiger partial charge < -0.3 is 15.0 Å². The molecule has 0 aliphatic carbocycles. The van der Waals surface area contributed by atoms with Crippen molar-refractivity contribution < 1.29 is 14.3 Å². The summed E-state index contributed by atoms with van der Waals surface area (Å²) in [7, 11) is 0. The summed E-state index contributed by atoms with van der Waals surface area (Å²) in [6, 6.07) is 9.98. The van der Waals surface area contributed by atoms with Crippen molar-refractivity contribution in [1.82, 2.24) is 0 Å². The number of benzene rings is 2. The average Bonchev–Trinajstić information content (AvgIpc) is 3.04. The first-order valence-electron chi connectivity index (χ1n) is 7.91. The molecule has 26 heavy (non-hydrogen) atoms. The van der Waals surface area contributed by atoms with Gasteiger partial charge in [0.05, 0.1) is 20.8 Å². The van der Waals surface area contributed by atoms with Crippen LogP contribution in [0.5, 0.6) is 5.75 Å². The zero-order valence-corrected chi connectivity index (χ0v) is 15.9. The number of hydrogen-bond donors (Lipinski definition) is 1. The number of rotatable bonds is 5. The lowest BCUT2D eigenvalue weighted by atomic mass is 10.3. The van der Waals surface area contributed by atoms with E-state index < -0.39 is 0 Å². The van der Waals surface area contributed by atoms with Crippen LogP contribution in [0.15, 0.2) is 36.4 Å². The molecule has 0 unspecified atom stereocenters. The van der Waals surface area contributed by atoms with Crippen molar-refractivity contribution in [2.24, 2.45) is 0 Å². The molecule has 1 saturated heterocycles. The molecule has 3 rings (SSSR count). The zero-order chi connectivity index (χ0) is 18.7. The van der Waals surface area contributed by atoms with Crippen LogP contribution in [0.25, 0.3) is 0 Å². The molecule has 0 radical (unpaired) electrons. The highest BCUT2D eigenvalue weighted by molar-refractivity contribution is 6.44. The van der Waals surface area contributed by atoms with E-state index in [1.165, 1.54) is 12.1 Å². The van der Waals surface area contributed by atoms with Crippen molar-refractivity contribution in [3.05, 3.63) is 51.5 Å². The second kappa shape index (κ2) is 8.16. The minimum Gasteiger partial charge on any atom is -0.484 e. The average molecular weight is 414 g/mol. The number of amides is 2. The fourth-order valence-electron chi connectivity index (χ4n) is 2.60. The Morgan fingerprint density at radius 2 is 1.77 bits per heavy atom. The lowest BCUT2D eigenvalue weighted by molar-refractivity contribution is -0.118. The maximum atomic E-state index is 12.0. The molecule has 1 aliphatic rings. The number of hydrogen-bond acceptors (Lipinski definition) is 3. The molecule has 2 amide bonds. The van der Waals surface area contributed by atoms with E-state index in [-0.39, 0.29) is 23.4 Å². The van der Waals surface area contributed by atoms with E-state index in [1.54, 1.807) is 29.2 Å². The van der Waals surface area contributed by atoms with Gasteiger partial charge in [0.25, 0.3) is 5.91 Å². The number of anilines is 2. The first-order valence-corrected chi connectivity index (χ1v) is 9.05. The quantitative estimate of drug-likeness (QED) is 0.717. The normalized spacial score (nSPS) is 13.8. The smallest absolute Gasteiger partial charge is 0.262 e. The second-order valence-corrected chi connectivity index (χ2v) is 6.95. The van der Waals surface area contributed by atoms with Crippen molar-refractivity contribution in [2.45, 2.75) is 12.8 Å². The van der Waals surface area contributed by atoms with Crippen molar-refractivity contribution >= 4 is 58.0 Å². The molecule has 1 heterocycles. The lowest BCUT2D eigenvalue weighted by Gasteiger charge is -2.16. The molecular weight excluding hydrogens is 399 g/mol. The van der Waals surface area contributed by atoms with Crippen LogP contribution in [0, 0.1) is 0 Å². The number of ether oxygens (including phenoxy) is 1. The number of nitrogens with zero attached hydrogens (tertiary/aromatic N) is 1. The Balaban J connectivity index is 1.56. The van der Waals surface area contributed by atoms with E-state index >= 15 is 0 Å². The Morgan fingerprint density at radius 3 is 2.42 bits per heavy atom. The van der Waals surface area contributed by atoms with E-state index in [4.69, 9.17) is 39.5 Å². The third kappa shape index (κ3) is 4.41. The molecular formula is C18H15Cl3N2O3. The van der Waals surface area contributed by atoms with E-state index in [2.05, 4.69) is 5.32 Å². The largest absolute Gasteiger partial charge is 0.484 e. The van der Waals surface area contributed by atoms with Crippen LogP contribution in [0.1, 0.15) is 12.8 Å². The topological polar surface area (TPSA) is 58.6 Å². The Labute approximate surface area is 165 Å². The monoisotopic (exact) mass is 412 g/mol. The summed E-state index contributed by atoms with van der Waals surface area (Å²) in [4.78, 5) is 25.5. The van der Waals surface area contributed by atoms with Crippen LogP contribution in [0.3, 0.4) is 0 Å². The molecule has 2 aromatic rings. The Kier molecular flexibility index (Phi) is 5.91. The highest BCUT2D eigenvalue weighted by atomic mass is 35.5. The van der Waals surface area contributed by atoms with E-state index in [0.717, 1.165) is 18.7 Å². The van der Waals surface area contributed by atoms with Gasteiger partial charge >= 0.3 is 0 Å². The van der Waals surface area contributed by atoms with Crippen LogP contribution in [-0.4, -0.2) is 25.0 Å². The molecule has 8 heteroatoms. The summed E-state index contributed by atoms with van der Waals surface area (Å²) in [5.74, 6) is 0.261. The molecule has 136 valence electrons. The molecule has 0 bridgehead atoms. The summed E-state index contributed by atoms with van der Waals surface area (Å²) < 4.78 is 5.46. The van der Waals surface area contributed by atoms with Gasteiger partial charge in [0.15, 0.2) is 6.61 Å². The molecule has 0 aromatic heterocycles. The van der Waals surface area contributed by atoms with E-state index in [9.17, 15) is 9.59 Å². The van der Waals surface area contributed by atoms with Crippen LogP contribution in [0.2, 0.25) is 15.1 Å². The third-order valence-corrected chi connectivity index (χ3v) is 4.91. The minimum atomic E-state index is -0.385. The van der Waals surface area contributed by atoms with Gasteiger partial charge in [-0.2, -0.15) is 0 Å². The summed E-state index contributed by atoms with van der Waals surface area (Å²) in [5, 5.41) is 3.50. The second-order valence-electron chi connectivity index (χ2n) is 5.73. The number of nitrogens with one attached hydrogen (secondary N) is 1. The predicted octanol–water partition coefficient (Wildman–Crippen LogP) is 4.79. The highest BCUT2D eigenvalue weighted by Crippen LogP contribution is 2.32. The van der Waals surface area contributed by atoms with E-state index in [0.29, 0.717) is 27.9 Å². The maximum absolute atomic E-state index is 12.0. The number of halogens is 3. The third-order valence-electron chi connectivity index (χ3n) is 3.88. The van der Waals surface area contributed by atoms with Gasteiger partial charge in [-0.05, 0) is 42.8 Å². The van der Waals surface area contributed by atoms with Gasteiger partial charge in [-0.3, -0.25) is 9.59 Å². The maximum Gasteiger partial charge on any atom is 0.262 e. The first kappa shape index (κ1) is 18.8. The molecule has 1 aliphatic heterocycles. The van der Waals surface area contributed by atoms with Crippen LogP contribution in [-0.2, 0) is 9.59 Å². The van der Waals surface area contributed by atoms with Crippen molar-refractivity contribution in [3.63, 3.8) is 0 Å². The Hall–Kier alpha value is -1.95. The van der Waals surface area contributed by atoms with Gasteiger partial charge in [-0.15, -0.1) is 0 Å². The van der Waals surface area contributed by atoms with Crippen molar-refractivity contribution in [2.75, 3.05) is 23.4 Å². The van der Waals surface area contributed by atoms with Gasteiger partial charge in [0, 0.05) is 18.7 Å². The highest BCUT2D eigenvalue weighted by Gasteiger charge is 2.21. The van der Waals surface area contributed by atoms with Crippen molar-refractivity contribution in [3.8, 4) is 5.75 Å². The van der Waals surface area contributed by atoms with Gasteiger partial charge in [0.2, 0.25) is 5.91 Å². The zero-order valence-electron chi connectivity index (χ0n) is 13.6. The molecule has 0 spiro atoms. The van der Waals surface area contributed by atoms with Crippen LogP contribution in [0.4, 0.5) is 11.4 Å². The van der Waals surface area contributed by atoms with Gasteiger partial charge in [-0.25, -0.2) is 0 Å². The minimum absolute atomic E-state index is 0.122. The molecule has 0 atom stereocenters. The SMILES string of the molecule is O=C(COc1ccc(N2CCCC2=O)cc1)Nc1cc(Cl)c(Cl)cc1Cl. The van der Waals surface area contributed by atoms with E-state index in [1.807, 2.05) is 0 Å². The lowest BCUT2D eigenvalue weighted by Crippen LogP contribution is -2.23. The summed E-state index contributed by atoms with van der Waals surface area (Å²) >= 11 is 17.8. The van der Waals surface area contributed by atoms with Crippen molar-refractivity contribution in [1.29, 1.82) is 0 Å². The summed E-state index contributed by atoms with van der Waals surface area (Å²) in [6.07, 6.45) is 1.45. The molecule has 0 saturated carbocycles. The number of carbonyl (C=O) groups is 2.